The summed E-state index contributed by atoms with van der Waals surface area (Å²) < 4.78 is 0. The van der Waals surface area contributed by atoms with Gasteiger partial charge in [-0.2, -0.15) is 0 Å². The Morgan fingerprint density at radius 1 is 1.44 bits per heavy atom. The fourth-order valence-electron chi connectivity index (χ4n) is 0.730. The zero-order chi connectivity index (χ0) is 7.11. The lowest BCUT2D eigenvalue weighted by Gasteiger charge is -2.04. The Labute approximate surface area is 58.2 Å². The average Bonchev–Trinajstić information content (AvgIpc) is 1.85. The molecule has 0 aliphatic rings. The zero-order valence-electron chi connectivity index (χ0n) is 6.65. The summed E-state index contributed by atoms with van der Waals surface area (Å²) in [5, 5.41) is 3.29. The lowest BCUT2D eigenvalue weighted by molar-refractivity contribution is 0.659. The van der Waals surface area contributed by atoms with Crippen molar-refractivity contribution in [3.63, 3.8) is 0 Å². The lowest BCUT2D eigenvalue weighted by Crippen LogP contribution is -2.22. The van der Waals surface area contributed by atoms with Crippen molar-refractivity contribution in [1.29, 1.82) is 0 Å². The summed E-state index contributed by atoms with van der Waals surface area (Å²) >= 11 is 0. The van der Waals surface area contributed by atoms with Crippen LogP contribution in [0.4, 0.5) is 0 Å². The standard InChI is InChI=1S/C8H17N/c1-4-6-7-8(3)9-5-2/h6-9H,4-5H2,1-3H3/b7-6-. The number of hydrogen-bond donors (Lipinski definition) is 1. The molecule has 9 heavy (non-hydrogen) atoms. The Hall–Kier alpha value is -0.300. The van der Waals surface area contributed by atoms with E-state index in [1.54, 1.807) is 0 Å². The van der Waals surface area contributed by atoms with Crippen LogP contribution in [0.5, 0.6) is 0 Å². The van der Waals surface area contributed by atoms with Crippen LogP contribution in [-0.2, 0) is 0 Å². The highest BCUT2D eigenvalue weighted by Gasteiger charge is 1.88. The molecule has 0 spiro atoms. The van der Waals surface area contributed by atoms with Crippen LogP contribution in [-0.4, -0.2) is 12.6 Å². The second kappa shape index (κ2) is 5.83. The summed E-state index contributed by atoms with van der Waals surface area (Å²) in [6.45, 7) is 7.48. The van der Waals surface area contributed by atoms with Gasteiger partial charge in [0.05, 0.1) is 0 Å². The highest BCUT2D eigenvalue weighted by molar-refractivity contribution is 4.89. The molecule has 1 unspecified atom stereocenters. The van der Waals surface area contributed by atoms with Crippen molar-refractivity contribution in [2.75, 3.05) is 6.54 Å². The van der Waals surface area contributed by atoms with E-state index in [4.69, 9.17) is 0 Å². The van der Waals surface area contributed by atoms with E-state index in [1.165, 1.54) is 0 Å². The van der Waals surface area contributed by atoms with E-state index in [0.717, 1.165) is 13.0 Å². The van der Waals surface area contributed by atoms with Crippen molar-refractivity contribution < 1.29 is 0 Å². The fraction of sp³-hybridized carbons (Fsp3) is 0.750. The molecule has 0 aromatic carbocycles. The summed E-state index contributed by atoms with van der Waals surface area (Å²) in [5.74, 6) is 0. The Balaban J connectivity index is 3.25. The number of hydrogen-bond acceptors (Lipinski definition) is 1. The van der Waals surface area contributed by atoms with E-state index < -0.39 is 0 Å². The third-order valence-electron chi connectivity index (χ3n) is 1.19. The molecule has 0 radical (unpaired) electrons. The smallest absolute Gasteiger partial charge is 0.0221 e. The van der Waals surface area contributed by atoms with Crippen LogP contribution >= 0.6 is 0 Å². The molecule has 1 N–H and O–H groups in total. The first-order chi connectivity index (χ1) is 4.31. The van der Waals surface area contributed by atoms with E-state index >= 15 is 0 Å². The Morgan fingerprint density at radius 3 is 2.56 bits per heavy atom. The van der Waals surface area contributed by atoms with E-state index in [9.17, 15) is 0 Å². The molecule has 0 fully saturated rings. The quantitative estimate of drug-likeness (QED) is 0.569. The first-order valence-electron chi connectivity index (χ1n) is 3.71. The van der Waals surface area contributed by atoms with E-state index in [2.05, 4.69) is 38.2 Å². The topological polar surface area (TPSA) is 12.0 Å². The maximum atomic E-state index is 3.29. The van der Waals surface area contributed by atoms with Crippen LogP contribution in [0.3, 0.4) is 0 Å². The van der Waals surface area contributed by atoms with Crippen molar-refractivity contribution in [3.05, 3.63) is 12.2 Å². The molecule has 0 amide bonds. The predicted octanol–water partition coefficient (Wildman–Crippen LogP) is 1.95. The Morgan fingerprint density at radius 2 is 2.11 bits per heavy atom. The fourth-order valence-corrected chi connectivity index (χ4v) is 0.730. The normalized spacial score (nSPS) is 14.6. The monoisotopic (exact) mass is 127 g/mol. The van der Waals surface area contributed by atoms with Crippen LogP contribution in [0, 0.1) is 0 Å². The molecule has 0 rings (SSSR count). The van der Waals surface area contributed by atoms with Gasteiger partial charge in [-0.3, -0.25) is 0 Å². The maximum Gasteiger partial charge on any atom is 0.0221 e. The van der Waals surface area contributed by atoms with Gasteiger partial charge in [-0.05, 0) is 19.9 Å². The van der Waals surface area contributed by atoms with Gasteiger partial charge in [0, 0.05) is 6.04 Å². The summed E-state index contributed by atoms with van der Waals surface area (Å²) in [6.07, 6.45) is 5.52. The summed E-state index contributed by atoms with van der Waals surface area (Å²) in [4.78, 5) is 0. The molecule has 0 heterocycles. The van der Waals surface area contributed by atoms with E-state index in [1.807, 2.05) is 0 Å². The third-order valence-corrected chi connectivity index (χ3v) is 1.19. The Kier molecular flexibility index (Phi) is 5.64. The molecular weight excluding hydrogens is 110 g/mol. The minimum atomic E-state index is 0.537. The highest BCUT2D eigenvalue weighted by Crippen LogP contribution is 1.85. The van der Waals surface area contributed by atoms with Crippen LogP contribution in [0.25, 0.3) is 0 Å². The lowest BCUT2D eigenvalue weighted by atomic mass is 10.3. The minimum Gasteiger partial charge on any atom is -0.311 e. The predicted molar refractivity (Wildman–Crippen MR) is 42.6 cm³/mol. The highest BCUT2D eigenvalue weighted by atomic mass is 14.9. The number of allylic oxidation sites excluding steroid dienone is 1. The first kappa shape index (κ1) is 8.70. The molecule has 54 valence electrons. The van der Waals surface area contributed by atoms with Gasteiger partial charge in [0.2, 0.25) is 0 Å². The van der Waals surface area contributed by atoms with Gasteiger partial charge in [0.25, 0.3) is 0 Å². The second-order valence-corrected chi connectivity index (χ2v) is 2.18. The molecule has 1 atom stereocenters. The molecule has 0 saturated carbocycles. The van der Waals surface area contributed by atoms with E-state index in [-0.39, 0.29) is 0 Å². The molecule has 0 aliphatic heterocycles. The zero-order valence-corrected chi connectivity index (χ0v) is 6.65. The molecule has 1 nitrogen and oxygen atoms in total. The molecule has 1 heteroatoms. The minimum absolute atomic E-state index is 0.537. The van der Waals surface area contributed by atoms with Crippen LogP contribution < -0.4 is 5.32 Å². The number of likely N-dealkylation sites (N-methyl/N-ethyl adjacent to an activating group) is 1. The van der Waals surface area contributed by atoms with E-state index in [0.29, 0.717) is 6.04 Å². The van der Waals surface area contributed by atoms with Crippen LogP contribution in [0.15, 0.2) is 12.2 Å². The molecule has 0 aromatic rings. The van der Waals surface area contributed by atoms with Crippen molar-refractivity contribution in [2.24, 2.45) is 0 Å². The summed E-state index contributed by atoms with van der Waals surface area (Å²) in [5.41, 5.74) is 0. The molecule has 0 saturated heterocycles. The van der Waals surface area contributed by atoms with Gasteiger partial charge in [0.1, 0.15) is 0 Å². The van der Waals surface area contributed by atoms with Crippen LogP contribution in [0.1, 0.15) is 27.2 Å². The van der Waals surface area contributed by atoms with Gasteiger partial charge < -0.3 is 5.32 Å². The molecular formula is C8H17N. The SMILES string of the molecule is CC/C=C\C(C)NCC. The third kappa shape index (κ3) is 5.57. The second-order valence-electron chi connectivity index (χ2n) is 2.18. The van der Waals surface area contributed by atoms with Crippen molar-refractivity contribution in [1.82, 2.24) is 5.32 Å². The number of rotatable bonds is 4. The average molecular weight is 127 g/mol. The van der Waals surface area contributed by atoms with Crippen molar-refractivity contribution in [3.8, 4) is 0 Å². The Bertz CT molecular complexity index is 76.6. The van der Waals surface area contributed by atoms with Crippen molar-refractivity contribution in [2.45, 2.75) is 33.2 Å². The maximum absolute atomic E-state index is 3.29. The van der Waals surface area contributed by atoms with Gasteiger partial charge >= 0.3 is 0 Å². The van der Waals surface area contributed by atoms with Gasteiger partial charge in [0.15, 0.2) is 0 Å². The van der Waals surface area contributed by atoms with Gasteiger partial charge in [-0.1, -0.05) is 26.0 Å². The first-order valence-corrected chi connectivity index (χ1v) is 3.71. The molecule has 0 aliphatic carbocycles. The summed E-state index contributed by atoms with van der Waals surface area (Å²) in [6, 6.07) is 0.537. The van der Waals surface area contributed by atoms with Crippen LogP contribution in [0.2, 0.25) is 0 Å². The van der Waals surface area contributed by atoms with Gasteiger partial charge in [-0.25, -0.2) is 0 Å². The largest absolute Gasteiger partial charge is 0.311 e. The summed E-state index contributed by atoms with van der Waals surface area (Å²) in [7, 11) is 0. The molecule has 0 aromatic heterocycles. The molecule has 0 bridgehead atoms. The number of nitrogens with one attached hydrogen (secondary N) is 1. The van der Waals surface area contributed by atoms with Crippen molar-refractivity contribution >= 4 is 0 Å². The van der Waals surface area contributed by atoms with Gasteiger partial charge in [-0.15, -0.1) is 0 Å².